The molecule has 3 heterocycles. The topological polar surface area (TPSA) is 121 Å². The lowest BCUT2D eigenvalue weighted by molar-refractivity contribution is 0.705. The summed E-state index contributed by atoms with van der Waals surface area (Å²) in [5, 5.41) is 21.4. The first kappa shape index (κ1) is 13.8. The first-order valence-corrected chi connectivity index (χ1v) is 6.65. The normalized spacial score (nSPS) is 11.6. The minimum absolute atomic E-state index is 0.0454. The molecule has 0 aliphatic heterocycles. The van der Waals surface area contributed by atoms with Crippen molar-refractivity contribution in [3.63, 3.8) is 0 Å². The first-order chi connectivity index (χ1) is 10.7. The Morgan fingerprint density at radius 1 is 1.36 bits per heavy atom. The van der Waals surface area contributed by atoms with E-state index in [1.54, 1.807) is 12.5 Å². The lowest BCUT2D eigenvalue weighted by Gasteiger charge is -2.08. The number of hydrogen-bond acceptors (Lipinski definition) is 7. The lowest BCUT2D eigenvalue weighted by atomic mass is 10.1. The van der Waals surface area contributed by atoms with Crippen molar-refractivity contribution >= 4 is 17.0 Å². The summed E-state index contributed by atoms with van der Waals surface area (Å²) in [6, 6.07) is 2.14. The van der Waals surface area contributed by atoms with Crippen LogP contribution in [0.15, 0.2) is 22.8 Å². The summed E-state index contributed by atoms with van der Waals surface area (Å²) in [6.07, 6.45) is 3.15. The summed E-state index contributed by atoms with van der Waals surface area (Å²) in [6.45, 7) is 3.94. The number of imidazole rings is 1. The smallest absolute Gasteiger partial charge is 0.252 e. The molecule has 0 aliphatic rings. The summed E-state index contributed by atoms with van der Waals surface area (Å²) in [5.41, 5.74) is 2.35. The molecule has 0 saturated heterocycles. The summed E-state index contributed by atoms with van der Waals surface area (Å²) in [7, 11) is 1.53. The molecule has 0 aliphatic carbocycles. The van der Waals surface area contributed by atoms with Crippen LogP contribution in [0.4, 0.5) is 5.82 Å². The van der Waals surface area contributed by atoms with Crippen LogP contribution < -0.4 is 0 Å². The number of azo groups is 1. The van der Waals surface area contributed by atoms with Crippen molar-refractivity contribution in [3.8, 4) is 12.0 Å². The number of hydrogen-bond donors (Lipinski definition) is 1. The average molecular weight is 295 g/mol. The van der Waals surface area contributed by atoms with Crippen molar-refractivity contribution in [3.05, 3.63) is 23.8 Å². The quantitative estimate of drug-likeness (QED) is 0.743. The third-order valence-corrected chi connectivity index (χ3v) is 3.11. The van der Waals surface area contributed by atoms with Gasteiger partial charge in [0.2, 0.25) is 5.82 Å². The lowest BCUT2D eigenvalue weighted by Crippen LogP contribution is -2.08. The standard InChI is InChI=1S/C13H13N9/c1-7(2)10-8(4-14)11(20-15-3)21-22(10)13-16-5-9-12(19-13)18-6-17-9/h5-7H,1-3H3,(H,16,17,18,19). The van der Waals surface area contributed by atoms with E-state index >= 15 is 0 Å². The van der Waals surface area contributed by atoms with Crippen molar-refractivity contribution in [2.75, 3.05) is 7.05 Å². The number of nitriles is 1. The largest absolute Gasteiger partial charge is 0.329 e. The molecule has 3 rings (SSSR count). The summed E-state index contributed by atoms with van der Waals surface area (Å²) >= 11 is 0. The van der Waals surface area contributed by atoms with Crippen molar-refractivity contribution in [1.82, 2.24) is 29.7 Å². The van der Waals surface area contributed by atoms with Crippen LogP contribution in [0.3, 0.4) is 0 Å². The van der Waals surface area contributed by atoms with Gasteiger partial charge in [0, 0.05) is 7.05 Å². The fourth-order valence-corrected chi connectivity index (χ4v) is 2.21. The predicted molar refractivity (Wildman–Crippen MR) is 78.0 cm³/mol. The van der Waals surface area contributed by atoms with Crippen molar-refractivity contribution < 1.29 is 0 Å². The third kappa shape index (κ3) is 2.10. The Kier molecular flexibility index (Phi) is 3.34. The highest BCUT2D eigenvalue weighted by atomic mass is 15.4. The van der Waals surface area contributed by atoms with Gasteiger partial charge in [0.1, 0.15) is 17.1 Å². The molecule has 3 aromatic rings. The SMILES string of the molecule is CN=Nc1nn(-c2ncc3nc[nH]c3n2)c(C(C)C)c1C#N. The molecule has 0 atom stereocenters. The van der Waals surface area contributed by atoms with Crippen LogP contribution >= 0.6 is 0 Å². The zero-order valence-corrected chi connectivity index (χ0v) is 12.3. The van der Waals surface area contributed by atoms with Gasteiger partial charge < -0.3 is 4.98 Å². The number of fused-ring (bicyclic) bond motifs is 1. The molecule has 3 aromatic heterocycles. The van der Waals surface area contributed by atoms with Crippen molar-refractivity contribution in [2.24, 2.45) is 10.2 Å². The highest BCUT2D eigenvalue weighted by Crippen LogP contribution is 2.29. The Morgan fingerprint density at radius 3 is 2.86 bits per heavy atom. The van der Waals surface area contributed by atoms with Crippen LogP contribution in [0.25, 0.3) is 17.1 Å². The maximum absolute atomic E-state index is 9.41. The van der Waals surface area contributed by atoms with Gasteiger partial charge in [-0.25, -0.2) is 9.97 Å². The second-order valence-electron chi connectivity index (χ2n) is 4.87. The van der Waals surface area contributed by atoms with Gasteiger partial charge in [0.15, 0.2) is 5.65 Å². The van der Waals surface area contributed by atoms with E-state index in [-0.39, 0.29) is 11.7 Å². The van der Waals surface area contributed by atoms with E-state index in [0.717, 1.165) is 0 Å². The molecule has 0 amide bonds. The number of rotatable bonds is 3. The molecule has 9 nitrogen and oxygen atoms in total. The molecule has 110 valence electrons. The van der Waals surface area contributed by atoms with Gasteiger partial charge in [-0.3, -0.25) is 0 Å². The zero-order chi connectivity index (χ0) is 15.7. The van der Waals surface area contributed by atoms with Gasteiger partial charge in [-0.1, -0.05) is 13.8 Å². The van der Waals surface area contributed by atoms with E-state index in [0.29, 0.717) is 28.4 Å². The van der Waals surface area contributed by atoms with Crippen LogP contribution in [0, 0.1) is 11.3 Å². The summed E-state index contributed by atoms with van der Waals surface area (Å²) < 4.78 is 1.54. The van der Waals surface area contributed by atoms with Gasteiger partial charge in [0.05, 0.1) is 18.2 Å². The Balaban J connectivity index is 2.26. The summed E-state index contributed by atoms with van der Waals surface area (Å²) in [5.74, 6) is 0.667. The van der Waals surface area contributed by atoms with Gasteiger partial charge in [-0.2, -0.15) is 20.0 Å². The molecule has 0 saturated carbocycles. The minimum atomic E-state index is 0.0454. The third-order valence-electron chi connectivity index (χ3n) is 3.11. The zero-order valence-electron chi connectivity index (χ0n) is 12.3. The molecular formula is C13H13N9. The highest BCUT2D eigenvalue weighted by molar-refractivity contribution is 5.69. The molecular weight excluding hydrogens is 282 g/mol. The van der Waals surface area contributed by atoms with E-state index in [1.807, 2.05) is 13.8 Å². The Bertz CT molecular complexity index is 894. The Hall–Kier alpha value is -3.15. The molecule has 1 N–H and O–H groups in total. The van der Waals surface area contributed by atoms with Crippen LogP contribution in [0.2, 0.25) is 0 Å². The van der Waals surface area contributed by atoms with E-state index in [2.05, 4.69) is 41.3 Å². The number of aromatic nitrogens is 6. The second-order valence-corrected chi connectivity index (χ2v) is 4.87. The van der Waals surface area contributed by atoms with Gasteiger partial charge in [0.25, 0.3) is 5.95 Å². The van der Waals surface area contributed by atoms with Crippen molar-refractivity contribution in [2.45, 2.75) is 19.8 Å². The molecule has 9 heteroatoms. The maximum Gasteiger partial charge on any atom is 0.252 e. The Labute approximate surface area is 125 Å². The number of nitrogens with zero attached hydrogens (tertiary/aromatic N) is 8. The molecule has 0 aromatic carbocycles. The van der Waals surface area contributed by atoms with Crippen LogP contribution in [0.5, 0.6) is 0 Å². The number of nitrogens with one attached hydrogen (secondary N) is 1. The molecule has 0 unspecified atom stereocenters. The number of aromatic amines is 1. The second kappa shape index (κ2) is 5.33. The van der Waals surface area contributed by atoms with E-state index < -0.39 is 0 Å². The molecule has 22 heavy (non-hydrogen) atoms. The summed E-state index contributed by atoms with van der Waals surface area (Å²) in [4.78, 5) is 15.7. The maximum atomic E-state index is 9.41. The van der Waals surface area contributed by atoms with Crippen LogP contribution in [-0.2, 0) is 0 Å². The molecule has 0 bridgehead atoms. The van der Waals surface area contributed by atoms with E-state index in [1.165, 1.54) is 11.7 Å². The minimum Gasteiger partial charge on any atom is -0.329 e. The molecule has 0 radical (unpaired) electrons. The predicted octanol–water partition coefficient (Wildman–Crippen LogP) is 2.25. The molecule has 0 fully saturated rings. The van der Waals surface area contributed by atoms with Gasteiger partial charge in [-0.15, -0.1) is 10.2 Å². The van der Waals surface area contributed by atoms with Gasteiger partial charge >= 0.3 is 0 Å². The average Bonchev–Trinajstić information content (AvgIpc) is 3.10. The molecule has 0 spiro atoms. The Morgan fingerprint density at radius 2 is 2.18 bits per heavy atom. The fourth-order valence-electron chi connectivity index (χ4n) is 2.21. The van der Waals surface area contributed by atoms with Crippen LogP contribution in [-0.4, -0.2) is 36.8 Å². The van der Waals surface area contributed by atoms with Crippen molar-refractivity contribution in [1.29, 1.82) is 5.26 Å². The first-order valence-electron chi connectivity index (χ1n) is 6.65. The number of H-pyrrole nitrogens is 1. The monoisotopic (exact) mass is 295 g/mol. The van der Waals surface area contributed by atoms with E-state index in [4.69, 9.17) is 0 Å². The fraction of sp³-hybridized carbons (Fsp3) is 0.308. The van der Waals surface area contributed by atoms with Crippen LogP contribution in [0.1, 0.15) is 31.0 Å². The van der Waals surface area contributed by atoms with E-state index in [9.17, 15) is 5.26 Å². The highest BCUT2D eigenvalue weighted by Gasteiger charge is 2.23. The van der Waals surface area contributed by atoms with Gasteiger partial charge in [-0.05, 0) is 5.92 Å².